The fourth-order valence-electron chi connectivity index (χ4n) is 1.06. The van der Waals surface area contributed by atoms with Gasteiger partial charge in [0.05, 0.1) is 18.2 Å². The summed E-state index contributed by atoms with van der Waals surface area (Å²) in [7, 11) is 1.54. The molecule has 0 bridgehead atoms. The van der Waals surface area contributed by atoms with Crippen molar-refractivity contribution in [1.29, 1.82) is 0 Å². The lowest BCUT2D eigenvalue weighted by atomic mass is 10.0. The van der Waals surface area contributed by atoms with Crippen LogP contribution in [0.3, 0.4) is 0 Å². The van der Waals surface area contributed by atoms with E-state index in [-0.39, 0.29) is 25.4 Å². The standard InChI is InChI=1S/C10H20N2O4/c1-10(2,6-13)12(3)9(16)7(11)4-5-8(14)15/h7,13H,4-6,11H2,1-3H3,(H,14,15). The summed E-state index contributed by atoms with van der Waals surface area (Å²) < 4.78 is 0. The molecule has 6 heteroatoms. The molecule has 0 saturated heterocycles. The summed E-state index contributed by atoms with van der Waals surface area (Å²) in [6.07, 6.45) is -0.0414. The number of hydrogen-bond acceptors (Lipinski definition) is 4. The molecule has 1 unspecified atom stereocenters. The average Bonchev–Trinajstić information content (AvgIpc) is 2.23. The molecule has 1 amide bonds. The molecule has 0 rings (SSSR count). The van der Waals surface area contributed by atoms with Gasteiger partial charge in [0.15, 0.2) is 0 Å². The van der Waals surface area contributed by atoms with Crippen molar-refractivity contribution in [2.45, 2.75) is 38.3 Å². The summed E-state index contributed by atoms with van der Waals surface area (Å²) in [5, 5.41) is 17.6. The predicted octanol–water partition coefficient (Wildman–Crippen LogP) is -0.592. The Morgan fingerprint density at radius 2 is 1.94 bits per heavy atom. The van der Waals surface area contributed by atoms with Crippen molar-refractivity contribution in [2.24, 2.45) is 5.73 Å². The monoisotopic (exact) mass is 232 g/mol. The van der Waals surface area contributed by atoms with Crippen molar-refractivity contribution in [1.82, 2.24) is 4.90 Å². The number of nitrogens with zero attached hydrogens (tertiary/aromatic N) is 1. The van der Waals surface area contributed by atoms with Gasteiger partial charge in [-0.25, -0.2) is 0 Å². The average molecular weight is 232 g/mol. The largest absolute Gasteiger partial charge is 0.481 e. The molecule has 16 heavy (non-hydrogen) atoms. The molecule has 1 atom stereocenters. The molecule has 0 saturated carbocycles. The lowest BCUT2D eigenvalue weighted by Crippen LogP contribution is -2.53. The Morgan fingerprint density at radius 1 is 1.44 bits per heavy atom. The summed E-state index contributed by atoms with van der Waals surface area (Å²) in [6.45, 7) is 3.23. The predicted molar refractivity (Wildman–Crippen MR) is 58.8 cm³/mol. The fraction of sp³-hybridized carbons (Fsp3) is 0.800. The number of hydrogen-bond donors (Lipinski definition) is 3. The second kappa shape index (κ2) is 5.81. The number of carboxylic acid groups (broad SMARTS) is 1. The summed E-state index contributed by atoms with van der Waals surface area (Å²) in [6, 6.07) is -0.841. The van der Waals surface area contributed by atoms with Crippen LogP contribution in [0.1, 0.15) is 26.7 Å². The normalized spacial score (nSPS) is 13.3. The van der Waals surface area contributed by atoms with E-state index in [4.69, 9.17) is 15.9 Å². The molecule has 0 heterocycles. The van der Waals surface area contributed by atoms with Crippen LogP contribution in [0.2, 0.25) is 0 Å². The fourth-order valence-corrected chi connectivity index (χ4v) is 1.06. The molecule has 0 fully saturated rings. The van der Waals surface area contributed by atoms with Crippen molar-refractivity contribution in [3.05, 3.63) is 0 Å². The van der Waals surface area contributed by atoms with Crippen LogP contribution < -0.4 is 5.73 Å². The third-order valence-corrected chi connectivity index (χ3v) is 2.61. The number of carboxylic acids is 1. The van der Waals surface area contributed by atoms with Crippen molar-refractivity contribution in [3.8, 4) is 0 Å². The smallest absolute Gasteiger partial charge is 0.303 e. The van der Waals surface area contributed by atoms with Gasteiger partial charge in [-0.3, -0.25) is 9.59 Å². The first kappa shape index (κ1) is 14.9. The lowest BCUT2D eigenvalue weighted by Gasteiger charge is -2.35. The minimum Gasteiger partial charge on any atom is -0.481 e. The van der Waals surface area contributed by atoms with Gasteiger partial charge in [0, 0.05) is 13.5 Å². The number of nitrogens with two attached hydrogens (primary N) is 1. The van der Waals surface area contributed by atoms with Crippen molar-refractivity contribution < 1.29 is 19.8 Å². The number of aliphatic hydroxyl groups excluding tert-OH is 1. The second-order valence-corrected chi connectivity index (χ2v) is 4.41. The molecule has 0 aliphatic carbocycles. The van der Waals surface area contributed by atoms with Gasteiger partial charge in [0.25, 0.3) is 0 Å². The van der Waals surface area contributed by atoms with Gasteiger partial charge >= 0.3 is 5.97 Å². The van der Waals surface area contributed by atoms with Gasteiger partial charge < -0.3 is 20.8 Å². The van der Waals surface area contributed by atoms with Gasteiger partial charge in [-0.15, -0.1) is 0 Å². The van der Waals surface area contributed by atoms with Gasteiger partial charge in [-0.2, -0.15) is 0 Å². The van der Waals surface area contributed by atoms with E-state index >= 15 is 0 Å². The highest BCUT2D eigenvalue weighted by molar-refractivity contribution is 5.82. The van der Waals surface area contributed by atoms with Gasteiger partial charge in [0.1, 0.15) is 0 Å². The first-order valence-electron chi connectivity index (χ1n) is 5.08. The van der Waals surface area contributed by atoms with Gasteiger partial charge in [-0.1, -0.05) is 0 Å². The molecule has 6 nitrogen and oxygen atoms in total. The van der Waals surface area contributed by atoms with E-state index in [1.54, 1.807) is 20.9 Å². The van der Waals surface area contributed by atoms with E-state index in [0.717, 1.165) is 0 Å². The maximum atomic E-state index is 11.8. The van der Waals surface area contributed by atoms with Crippen LogP contribution in [-0.2, 0) is 9.59 Å². The topological polar surface area (TPSA) is 104 Å². The Balaban J connectivity index is 4.38. The quantitative estimate of drug-likeness (QED) is 0.567. The maximum absolute atomic E-state index is 11.8. The van der Waals surface area contributed by atoms with Crippen molar-refractivity contribution in [3.63, 3.8) is 0 Å². The number of rotatable bonds is 6. The zero-order valence-corrected chi connectivity index (χ0v) is 9.93. The van der Waals surface area contributed by atoms with Crippen LogP contribution in [-0.4, -0.2) is 52.2 Å². The summed E-state index contributed by atoms with van der Waals surface area (Å²) >= 11 is 0. The van der Waals surface area contributed by atoms with Gasteiger partial charge in [0.2, 0.25) is 5.91 Å². The van der Waals surface area contributed by atoms with E-state index in [0.29, 0.717) is 0 Å². The third kappa shape index (κ3) is 4.16. The molecule has 94 valence electrons. The van der Waals surface area contributed by atoms with E-state index < -0.39 is 17.6 Å². The number of aliphatic hydroxyl groups is 1. The van der Waals surface area contributed by atoms with E-state index in [1.807, 2.05) is 0 Å². The van der Waals surface area contributed by atoms with Crippen LogP contribution in [0.4, 0.5) is 0 Å². The minimum absolute atomic E-state index is 0.0972. The molecule has 0 radical (unpaired) electrons. The highest BCUT2D eigenvalue weighted by Crippen LogP contribution is 2.13. The second-order valence-electron chi connectivity index (χ2n) is 4.41. The Bertz CT molecular complexity index is 266. The number of carbonyl (C=O) groups is 2. The Labute approximate surface area is 95.0 Å². The van der Waals surface area contributed by atoms with Crippen LogP contribution in [0.15, 0.2) is 0 Å². The number of amides is 1. The summed E-state index contributed by atoms with van der Waals surface area (Å²) in [5.41, 5.74) is 4.89. The minimum atomic E-state index is -0.979. The van der Waals surface area contributed by atoms with Gasteiger partial charge in [-0.05, 0) is 20.3 Å². The number of aliphatic carboxylic acids is 1. The Kier molecular flexibility index (Phi) is 5.40. The first-order valence-corrected chi connectivity index (χ1v) is 5.08. The molecule has 0 aromatic carbocycles. The van der Waals surface area contributed by atoms with E-state index in [1.165, 1.54) is 4.90 Å². The van der Waals surface area contributed by atoms with Crippen molar-refractivity contribution in [2.75, 3.05) is 13.7 Å². The summed E-state index contributed by atoms with van der Waals surface area (Å²) in [5.74, 6) is -1.34. The molecular formula is C10H20N2O4. The molecular weight excluding hydrogens is 212 g/mol. The highest BCUT2D eigenvalue weighted by atomic mass is 16.4. The Morgan fingerprint density at radius 3 is 2.31 bits per heavy atom. The van der Waals surface area contributed by atoms with Crippen LogP contribution in [0.25, 0.3) is 0 Å². The zero-order valence-electron chi connectivity index (χ0n) is 9.93. The van der Waals surface area contributed by atoms with Crippen LogP contribution >= 0.6 is 0 Å². The zero-order chi connectivity index (χ0) is 12.9. The van der Waals surface area contributed by atoms with E-state index in [2.05, 4.69) is 0 Å². The number of likely N-dealkylation sites (N-methyl/N-ethyl adjacent to an activating group) is 1. The van der Waals surface area contributed by atoms with Crippen molar-refractivity contribution >= 4 is 11.9 Å². The van der Waals surface area contributed by atoms with E-state index in [9.17, 15) is 9.59 Å². The molecule has 0 aliphatic rings. The SMILES string of the molecule is CN(C(=O)C(N)CCC(=O)O)C(C)(C)CO. The lowest BCUT2D eigenvalue weighted by molar-refractivity contribution is -0.139. The summed E-state index contributed by atoms with van der Waals surface area (Å²) in [4.78, 5) is 23.4. The third-order valence-electron chi connectivity index (χ3n) is 2.61. The first-order chi connectivity index (χ1) is 7.22. The molecule has 0 aliphatic heterocycles. The highest BCUT2D eigenvalue weighted by Gasteiger charge is 2.29. The number of carbonyl (C=O) groups excluding carboxylic acids is 1. The molecule has 4 N–H and O–H groups in total. The maximum Gasteiger partial charge on any atom is 0.303 e. The molecule has 0 aromatic rings. The van der Waals surface area contributed by atoms with Crippen LogP contribution in [0.5, 0.6) is 0 Å². The molecule has 0 spiro atoms. The van der Waals surface area contributed by atoms with Crippen LogP contribution in [0, 0.1) is 0 Å². The molecule has 0 aromatic heterocycles. The Hall–Kier alpha value is -1.14.